The largest absolute Gasteiger partial charge is 0.384 e. The van der Waals surface area contributed by atoms with Crippen molar-refractivity contribution >= 4 is 5.91 Å². The van der Waals surface area contributed by atoms with Crippen LogP contribution in [0.15, 0.2) is 24.8 Å². The maximum absolute atomic E-state index is 12.5. The zero-order chi connectivity index (χ0) is 14.8. The minimum absolute atomic E-state index is 0.112. The first-order valence-corrected chi connectivity index (χ1v) is 6.75. The quantitative estimate of drug-likeness (QED) is 0.826. The van der Waals surface area contributed by atoms with Crippen molar-refractivity contribution in [1.82, 2.24) is 24.6 Å². The molecular weight excluding hydrogens is 270 g/mol. The number of aryl methyl sites for hydroxylation is 1. The van der Waals surface area contributed by atoms with Gasteiger partial charge >= 0.3 is 0 Å². The van der Waals surface area contributed by atoms with Crippen molar-refractivity contribution in [2.24, 2.45) is 7.05 Å². The summed E-state index contributed by atoms with van der Waals surface area (Å²) in [4.78, 5) is 22.3. The normalized spacial score (nSPS) is 17.6. The molecule has 1 aliphatic heterocycles. The molecule has 0 spiro atoms. The Labute approximate surface area is 122 Å². The van der Waals surface area contributed by atoms with E-state index in [1.54, 1.807) is 18.2 Å². The lowest BCUT2D eigenvalue weighted by Gasteiger charge is -2.32. The van der Waals surface area contributed by atoms with E-state index in [2.05, 4.69) is 15.1 Å². The lowest BCUT2D eigenvalue weighted by molar-refractivity contribution is 0.0669. The Morgan fingerprint density at radius 2 is 2.29 bits per heavy atom. The zero-order valence-electron chi connectivity index (χ0n) is 12.1. The number of hydrogen-bond donors (Lipinski definition) is 0. The van der Waals surface area contributed by atoms with Crippen molar-refractivity contribution in [1.29, 1.82) is 0 Å². The number of nitrogens with zero attached hydrogens (tertiary/aromatic N) is 5. The third-order valence-electron chi connectivity index (χ3n) is 3.69. The highest BCUT2D eigenvalue weighted by molar-refractivity contribution is 5.92. The molecule has 1 amide bonds. The number of amides is 1. The van der Waals surface area contributed by atoms with E-state index < -0.39 is 0 Å². The molecule has 1 aliphatic rings. The summed E-state index contributed by atoms with van der Waals surface area (Å²) in [6, 6.07) is 0. The number of methoxy groups -OCH3 is 1. The molecule has 7 nitrogen and oxygen atoms in total. The van der Waals surface area contributed by atoms with E-state index >= 15 is 0 Å². The molecule has 7 heteroatoms. The molecule has 0 unspecified atom stereocenters. The van der Waals surface area contributed by atoms with Crippen LogP contribution in [0.1, 0.15) is 27.7 Å². The lowest BCUT2D eigenvalue weighted by Crippen LogP contribution is -2.40. The van der Waals surface area contributed by atoms with E-state index in [0.717, 1.165) is 11.3 Å². The fraction of sp³-hybridized carbons (Fsp3) is 0.429. The second-order valence-corrected chi connectivity index (χ2v) is 5.11. The zero-order valence-corrected chi connectivity index (χ0v) is 12.1. The molecule has 1 atom stereocenters. The molecular formula is C14H17N5O2. The molecule has 0 aromatic carbocycles. The van der Waals surface area contributed by atoms with Gasteiger partial charge in [0.15, 0.2) is 0 Å². The SMILES string of the molecule is COC[C@@H]1CN(C(=O)c2cnccn2)Cc2cnn(C)c21. The second kappa shape index (κ2) is 5.61. The molecule has 0 saturated heterocycles. The predicted octanol–water partition coefficient (Wildman–Crippen LogP) is 0.596. The van der Waals surface area contributed by atoms with Crippen LogP contribution in [0.5, 0.6) is 0 Å². The minimum atomic E-state index is -0.112. The topological polar surface area (TPSA) is 73.1 Å². The Bertz CT molecular complexity index is 640. The molecule has 2 aromatic heterocycles. The van der Waals surface area contributed by atoms with Gasteiger partial charge < -0.3 is 9.64 Å². The standard InChI is InChI=1S/C14H17N5O2/c1-18-13-10(5-17-18)7-19(8-11(13)9-21-2)14(20)12-6-15-3-4-16-12/h3-6,11H,7-9H2,1-2H3/t11-/m0/s1. The smallest absolute Gasteiger partial charge is 0.274 e. The fourth-order valence-corrected chi connectivity index (χ4v) is 2.82. The van der Waals surface area contributed by atoms with Crippen molar-refractivity contribution in [2.75, 3.05) is 20.3 Å². The highest BCUT2D eigenvalue weighted by Gasteiger charge is 2.31. The summed E-state index contributed by atoms with van der Waals surface area (Å²) in [6.45, 7) is 1.69. The third-order valence-corrected chi connectivity index (χ3v) is 3.69. The molecule has 2 aromatic rings. The Morgan fingerprint density at radius 3 is 3.00 bits per heavy atom. The maximum atomic E-state index is 12.5. The molecule has 0 radical (unpaired) electrons. The summed E-state index contributed by atoms with van der Waals surface area (Å²) in [7, 11) is 3.58. The van der Waals surface area contributed by atoms with Gasteiger partial charge in [0.05, 0.1) is 24.7 Å². The summed E-state index contributed by atoms with van der Waals surface area (Å²) in [6.07, 6.45) is 6.39. The molecule has 0 saturated carbocycles. The molecule has 0 aliphatic carbocycles. The molecule has 0 bridgehead atoms. The average molecular weight is 287 g/mol. The van der Waals surface area contributed by atoms with Gasteiger partial charge in [0, 0.05) is 51.1 Å². The number of ether oxygens (including phenoxy) is 1. The van der Waals surface area contributed by atoms with Gasteiger partial charge in [-0.05, 0) is 0 Å². The van der Waals surface area contributed by atoms with E-state index in [0.29, 0.717) is 25.4 Å². The van der Waals surface area contributed by atoms with E-state index in [1.807, 2.05) is 17.9 Å². The van der Waals surface area contributed by atoms with Crippen molar-refractivity contribution < 1.29 is 9.53 Å². The first-order chi connectivity index (χ1) is 10.2. The molecule has 110 valence electrons. The predicted molar refractivity (Wildman–Crippen MR) is 74.6 cm³/mol. The van der Waals surface area contributed by atoms with Crippen LogP contribution in [0, 0.1) is 0 Å². The van der Waals surface area contributed by atoms with E-state index in [1.165, 1.54) is 12.4 Å². The van der Waals surface area contributed by atoms with Crippen molar-refractivity contribution in [3.63, 3.8) is 0 Å². The lowest BCUT2D eigenvalue weighted by atomic mass is 9.96. The first kappa shape index (κ1) is 13.7. The fourth-order valence-electron chi connectivity index (χ4n) is 2.82. The van der Waals surface area contributed by atoms with Crippen molar-refractivity contribution in [2.45, 2.75) is 12.5 Å². The molecule has 3 rings (SSSR count). The van der Waals surface area contributed by atoms with Crippen LogP contribution in [0.2, 0.25) is 0 Å². The number of hydrogen-bond acceptors (Lipinski definition) is 5. The summed E-state index contributed by atoms with van der Waals surface area (Å²) < 4.78 is 7.15. The van der Waals surface area contributed by atoms with Gasteiger partial charge in [0.2, 0.25) is 0 Å². The van der Waals surface area contributed by atoms with Crippen LogP contribution in [-0.2, 0) is 18.3 Å². The van der Waals surface area contributed by atoms with E-state index in [-0.39, 0.29) is 11.8 Å². The molecule has 0 N–H and O–H groups in total. The van der Waals surface area contributed by atoms with E-state index in [9.17, 15) is 4.79 Å². The van der Waals surface area contributed by atoms with Crippen LogP contribution in [-0.4, -0.2) is 50.8 Å². The third kappa shape index (κ3) is 2.52. The van der Waals surface area contributed by atoms with E-state index in [4.69, 9.17) is 4.74 Å². The Balaban J connectivity index is 1.88. The van der Waals surface area contributed by atoms with Crippen LogP contribution in [0.3, 0.4) is 0 Å². The van der Waals surface area contributed by atoms with Gasteiger partial charge in [-0.1, -0.05) is 0 Å². The number of aromatic nitrogens is 4. The molecule has 0 fully saturated rings. The highest BCUT2D eigenvalue weighted by Crippen LogP contribution is 2.28. The highest BCUT2D eigenvalue weighted by atomic mass is 16.5. The van der Waals surface area contributed by atoms with Gasteiger partial charge in [0.25, 0.3) is 5.91 Å². The Kier molecular flexibility index (Phi) is 3.66. The maximum Gasteiger partial charge on any atom is 0.274 e. The van der Waals surface area contributed by atoms with Gasteiger partial charge in [-0.15, -0.1) is 0 Å². The average Bonchev–Trinajstić information content (AvgIpc) is 2.89. The Morgan fingerprint density at radius 1 is 1.43 bits per heavy atom. The number of carbonyl (C=O) groups excluding carboxylic acids is 1. The first-order valence-electron chi connectivity index (χ1n) is 6.75. The Hall–Kier alpha value is -2.28. The molecule has 3 heterocycles. The van der Waals surface area contributed by atoms with Gasteiger partial charge in [-0.3, -0.25) is 14.5 Å². The van der Waals surface area contributed by atoms with Gasteiger partial charge in [-0.25, -0.2) is 4.98 Å². The van der Waals surface area contributed by atoms with Crippen LogP contribution in [0.4, 0.5) is 0 Å². The minimum Gasteiger partial charge on any atom is -0.384 e. The number of fused-ring (bicyclic) bond motifs is 1. The summed E-state index contributed by atoms with van der Waals surface area (Å²) in [5.41, 5.74) is 2.56. The number of rotatable bonds is 3. The van der Waals surface area contributed by atoms with Crippen LogP contribution >= 0.6 is 0 Å². The second-order valence-electron chi connectivity index (χ2n) is 5.11. The summed E-state index contributed by atoms with van der Waals surface area (Å²) in [5.74, 6) is 0.00516. The summed E-state index contributed by atoms with van der Waals surface area (Å²) >= 11 is 0. The van der Waals surface area contributed by atoms with Crippen LogP contribution < -0.4 is 0 Å². The summed E-state index contributed by atoms with van der Waals surface area (Å²) in [5, 5.41) is 4.29. The van der Waals surface area contributed by atoms with Crippen molar-refractivity contribution in [3.8, 4) is 0 Å². The monoisotopic (exact) mass is 287 g/mol. The van der Waals surface area contributed by atoms with Crippen LogP contribution in [0.25, 0.3) is 0 Å². The number of carbonyl (C=O) groups is 1. The molecule has 21 heavy (non-hydrogen) atoms. The van der Waals surface area contributed by atoms with Gasteiger partial charge in [-0.2, -0.15) is 5.10 Å². The van der Waals surface area contributed by atoms with Gasteiger partial charge in [0.1, 0.15) is 5.69 Å². The van der Waals surface area contributed by atoms with Crippen molar-refractivity contribution in [3.05, 3.63) is 41.7 Å².